The summed E-state index contributed by atoms with van der Waals surface area (Å²) in [5.74, 6) is -0.742. The topological polar surface area (TPSA) is 67.9 Å². The van der Waals surface area contributed by atoms with Gasteiger partial charge in [0.05, 0.1) is 12.6 Å². The van der Waals surface area contributed by atoms with E-state index in [-0.39, 0.29) is 18.4 Å². The van der Waals surface area contributed by atoms with Crippen LogP contribution >= 0.6 is 0 Å². The van der Waals surface area contributed by atoms with Crippen molar-refractivity contribution in [3.63, 3.8) is 0 Å². The average Bonchev–Trinajstić information content (AvgIpc) is 2.96. The van der Waals surface area contributed by atoms with Crippen LogP contribution in [0.4, 0.5) is 22.4 Å². The van der Waals surface area contributed by atoms with Gasteiger partial charge >= 0.3 is 18.6 Å². The number of amides is 2. The predicted molar refractivity (Wildman–Crippen MR) is 101 cm³/mol. The molecule has 2 aliphatic carbocycles. The van der Waals surface area contributed by atoms with Crippen LogP contribution in [0, 0.1) is 5.41 Å². The van der Waals surface area contributed by atoms with Crippen molar-refractivity contribution >= 4 is 11.8 Å². The van der Waals surface area contributed by atoms with Crippen LogP contribution in [-0.2, 0) is 21.5 Å². The standard InChI is InChI=1S/C21H24F4N2O4/c1-27-11-16(28)20(26-18(27)29)15-9-14(31-21(24,25)17(22)23)4-3-12(15)10-19(20)7-5-13(30-2)6-8-19/h3-4,9,13,17H,5-8,10-11H2,1-2H3,(H,26,29). The van der Waals surface area contributed by atoms with Crippen molar-refractivity contribution < 1.29 is 36.6 Å². The fraction of sp³-hybridized carbons (Fsp3) is 0.619. The van der Waals surface area contributed by atoms with Gasteiger partial charge in [0, 0.05) is 19.6 Å². The van der Waals surface area contributed by atoms with Gasteiger partial charge in [0.2, 0.25) is 0 Å². The van der Waals surface area contributed by atoms with Gasteiger partial charge in [0.1, 0.15) is 11.3 Å². The second kappa shape index (κ2) is 7.36. The van der Waals surface area contributed by atoms with E-state index in [2.05, 4.69) is 10.1 Å². The maximum absolute atomic E-state index is 13.5. The first-order valence-corrected chi connectivity index (χ1v) is 10.1. The van der Waals surface area contributed by atoms with Crippen molar-refractivity contribution in [3.8, 4) is 5.75 Å². The molecule has 6 nitrogen and oxygen atoms in total. The van der Waals surface area contributed by atoms with Crippen molar-refractivity contribution in [1.82, 2.24) is 10.2 Å². The zero-order valence-corrected chi connectivity index (χ0v) is 17.2. The number of urea groups is 1. The van der Waals surface area contributed by atoms with Crippen molar-refractivity contribution in [2.45, 2.75) is 56.3 Å². The van der Waals surface area contributed by atoms with Crippen LogP contribution in [-0.4, -0.2) is 56.1 Å². The summed E-state index contributed by atoms with van der Waals surface area (Å²) in [6.07, 6.45) is -5.66. The maximum Gasteiger partial charge on any atom is 0.461 e. The van der Waals surface area contributed by atoms with E-state index >= 15 is 0 Å². The number of hydrogen-bond acceptors (Lipinski definition) is 4. The molecular weight excluding hydrogens is 420 g/mol. The van der Waals surface area contributed by atoms with Crippen LogP contribution in [0.3, 0.4) is 0 Å². The molecule has 2 spiro atoms. The van der Waals surface area contributed by atoms with Crippen molar-refractivity contribution in [1.29, 1.82) is 0 Å². The molecular formula is C21H24F4N2O4. The minimum Gasteiger partial charge on any atom is -0.428 e. The van der Waals surface area contributed by atoms with E-state index in [0.29, 0.717) is 43.2 Å². The molecule has 1 atom stereocenters. The molecule has 1 aliphatic heterocycles. The van der Waals surface area contributed by atoms with Crippen molar-refractivity contribution in [3.05, 3.63) is 29.3 Å². The molecule has 1 aromatic carbocycles. The summed E-state index contributed by atoms with van der Waals surface area (Å²) in [7, 11) is 3.12. The molecule has 2 fully saturated rings. The number of ketones is 1. The quantitative estimate of drug-likeness (QED) is 0.723. The number of benzene rings is 1. The first kappa shape index (κ1) is 21.9. The Morgan fingerprint density at radius 1 is 1.23 bits per heavy atom. The molecule has 1 N–H and O–H groups in total. The third kappa shape index (κ3) is 3.26. The number of halogens is 4. The summed E-state index contributed by atoms with van der Waals surface area (Å²) in [4.78, 5) is 27.4. The number of alkyl halides is 4. The Labute approximate surface area is 176 Å². The number of ether oxygens (including phenoxy) is 2. The van der Waals surface area contributed by atoms with E-state index < -0.39 is 35.3 Å². The number of likely N-dealkylation sites (N-methyl/N-ethyl adjacent to an activating group) is 1. The van der Waals surface area contributed by atoms with Gasteiger partial charge in [-0.05, 0) is 55.4 Å². The number of fused-ring (bicyclic) bond motifs is 3. The first-order valence-electron chi connectivity index (χ1n) is 10.1. The van der Waals surface area contributed by atoms with Crippen LogP contribution in [0.25, 0.3) is 0 Å². The second-order valence-corrected chi connectivity index (χ2v) is 8.64. The van der Waals surface area contributed by atoms with Crippen LogP contribution in [0.1, 0.15) is 36.8 Å². The van der Waals surface area contributed by atoms with Gasteiger partial charge in [0.15, 0.2) is 5.78 Å². The predicted octanol–water partition coefficient (Wildman–Crippen LogP) is 3.47. The van der Waals surface area contributed by atoms with E-state index in [4.69, 9.17) is 4.74 Å². The highest BCUT2D eigenvalue weighted by Crippen LogP contribution is 2.59. The van der Waals surface area contributed by atoms with E-state index in [0.717, 1.165) is 0 Å². The number of nitrogens with one attached hydrogen (secondary N) is 1. The fourth-order valence-corrected chi connectivity index (χ4v) is 5.42. The molecule has 0 radical (unpaired) electrons. The highest BCUT2D eigenvalue weighted by Gasteiger charge is 2.64. The first-order chi connectivity index (χ1) is 14.5. The molecule has 170 valence electrons. The van der Waals surface area contributed by atoms with Crippen LogP contribution in [0.15, 0.2) is 18.2 Å². The normalized spacial score (nSPS) is 30.8. The Kier molecular flexibility index (Phi) is 5.19. The molecule has 0 aromatic heterocycles. The number of methoxy groups -OCH3 is 1. The van der Waals surface area contributed by atoms with Gasteiger partial charge in [-0.25, -0.2) is 4.79 Å². The summed E-state index contributed by atoms with van der Waals surface area (Å²) in [6, 6.07) is 3.46. The molecule has 31 heavy (non-hydrogen) atoms. The van der Waals surface area contributed by atoms with Gasteiger partial charge in [-0.1, -0.05) is 6.07 Å². The number of nitrogens with zero attached hydrogens (tertiary/aromatic N) is 1. The van der Waals surface area contributed by atoms with E-state index in [1.807, 2.05) is 0 Å². The average molecular weight is 444 g/mol. The summed E-state index contributed by atoms with van der Waals surface area (Å²) in [5.41, 5.74) is -1.02. The molecule has 3 aliphatic rings. The molecule has 2 amide bonds. The SMILES string of the molecule is COC1CCC2(CC1)Cc1ccc(OC(F)(F)C(F)F)cc1C21NC(=O)N(C)CC1=O. The number of hydrogen-bond donors (Lipinski definition) is 1. The molecule has 0 bridgehead atoms. The third-order valence-corrected chi connectivity index (χ3v) is 6.98. The molecule has 1 aromatic rings. The molecule has 1 unspecified atom stereocenters. The number of carbonyl (C=O) groups is 2. The fourth-order valence-electron chi connectivity index (χ4n) is 5.42. The highest BCUT2D eigenvalue weighted by molar-refractivity contribution is 6.01. The van der Waals surface area contributed by atoms with Gasteiger partial charge in [-0.15, -0.1) is 0 Å². The lowest BCUT2D eigenvalue weighted by molar-refractivity contribution is -0.253. The summed E-state index contributed by atoms with van der Waals surface area (Å²) >= 11 is 0. The lowest BCUT2D eigenvalue weighted by Gasteiger charge is -2.51. The second-order valence-electron chi connectivity index (χ2n) is 8.64. The van der Waals surface area contributed by atoms with Crippen LogP contribution in [0.5, 0.6) is 5.75 Å². The summed E-state index contributed by atoms with van der Waals surface area (Å²) in [5, 5.41) is 2.86. The van der Waals surface area contributed by atoms with Gasteiger partial charge in [0.25, 0.3) is 0 Å². The zero-order chi connectivity index (χ0) is 22.6. The lowest BCUT2D eigenvalue weighted by atomic mass is 9.59. The molecule has 1 heterocycles. The molecule has 1 saturated heterocycles. The number of rotatable bonds is 4. The van der Waals surface area contributed by atoms with E-state index in [1.165, 1.54) is 30.1 Å². The number of Topliss-reactive ketones (excluding diaryl/α,β-unsaturated/α-hetero) is 1. The van der Waals surface area contributed by atoms with Gasteiger partial charge in [-0.3, -0.25) is 4.79 Å². The molecule has 10 heteroatoms. The highest BCUT2D eigenvalue weighted by atomic mass is 19.3. The minimum atomic E-state index is -4.67. The van der Waals surface area contributed by atoms with Crippen molar-refractivity contribution in [2.75, 3.05) is 20.7 Å². The Hall–Kier alpha value is -2.36. The van der Waals surface area contributed by atoms with Gasteiger partial charge in [-0.2, -0.15) is 17.6 Å². The largest absolute Gasteiger partial charge is 0.461 e. The summed E-state index contributed by atoms with van der Waals surface area (Å²) < 4.78 is 62.0. The Morgan fingerprint density at radius 2 is 1.90 bits per heavy atom. The number of carbonyl (C=O) groups excluding carboxylic acids is 2. The third-order valence-electron chi connectivity index (χ3n) is 6.98. The van der Waals surface area contributed by atoms with Gasteiger partial charge < -0.3 is 19.7 Å². The maximum atomic E-state index is 13.5. The smallest absolute Gasteiger partial charge is 0.428 e. The monoisotopic (exact) mass is 444 g/mol. The summed E-state index contributed by atoms with van der Waals surface area (Å²) in [6.45, 7) is -0.140. The Balaban J connectivity index is 1.80. The minimum absolute atomic E-state index is 0.0343. The molecule has 4 rings (SSSR count). The van der Waals surface area contributed by atoms with Crippen molar-refractivity contribution in [2.24, 2.45) is 5.41 Å². The van der Waals surface area contributed by atoms with Crippen LogP contribution < -0.4 is 10.1 Å². The molecule has 1 saturated carbocycles. The van der Waals surface area contributed by atoms with E-state index in [9.17, 15) is 27.2 Å². The Bertz CT molecular complexity index is 901. The lowest BCUT2D eigenvalue weighted by Crippen LogP contribution is -2.68. The Morgan fingerprint density at radius 3 is 2.52 bits per heavy atom. The zero-order valence-electron chi connectivity index (χ0n) is 17.2. The van der Waals surface area contributed by atoms with Crippen LogP contribution in [0.2, 0.25) is 0 Å². The van der Waals surface area contributed by atoms with E-state index in [1.54, 1.807) is 7.11 Å².